The lowest BCUT2D eigenvalue weighted by atomic mass is 9.89. The normalized spacial score (nSPS) is 25.6. The van der Waals surface area contributed by atoms with E-state index in [0.717, 1.165) is 18.4 Å². The molecule has 1 aliphatic rings. The van der Waals surface area contributed by atoms with Crippen LogP contribution >= 0.6 is 0 Å². The Morgan fingerprint density at radius 2 is 1.79 bits per heavy atom. The molecule has 0 bridgehead atoms. The molecule has 1 aliphatic carbocycles. The number of hydrogen-bond donors (Lipinski definition) is 1. The molecule has 0 heterocycles. The maximum absolute atomic E-state index is 12.0. The first kappa shape index (κ1) is 16.8. The van der Waals surface area contributed by atoms with Gasteiger partial charge < -0.3 is 5.32 Å². The Morgan fingerprint density at radius 3 is 2.42 bits per heavy atom. The van der Waals surface area contributed by atoms with Gasteiger partial charge in [0.1, 0.15) is 0 Å². The average molecular weight is 279 g/mol. The third kappa shape index (κ3) is 7.81. The summed E-state index contributed by atoms with van der Waals surface area (Å²) in [5, 5.41) is 3.44. The predicted molar refractivity (Wildman–Crippen MR) is 73.1 cm³/mol. The van der Waals surface area contributed by atoms with Gasteiger partial charge in [-0.2, -0.15) is 13.2 Å². The molecule has 0 spiro atoms. The molecular formula is C15H28F3N. The Bertz CT molecular complexity index is 238. The van der Waals surface area contributed by atoms with Crippen molar-refractivity contribution < 1.29 is 13.2 Å². The highest BCUT2D eigenvalue weighted by Gasteiger charge is 2.26. The van der Waals surface area contributed by atoms with Crippen molar-refractivity contribution in [1.82, 2.24) is 5.32 Å². The zero-order valence-corrected chi connectivity index (χ0v) is 12.2. The van der Waals surface area contributed by atoms with Crippen molar-refractivity contribution in [2.45, 2.75) is 77.4 Å². The molecule has 0 radical (unpaired) electrons. The van der Waals surface area contributed by atoms with E-state index in [1.165, 1.54) is 32.1 Å². The molecule has 0 aromatic rings. The second-order valence-corrected chi connectivity index (χ2v) is 6.24. The molecule has 0 amide bonds. The van der Waals surface area contributed by atoms with E-state index in [0.29, 0.717) is 12.5 Å². The van der Waals surface area contributed by atoms with Gasteiger partial charge in [-0.3, -0.25) is 0 Å². The number of rotatable bonds is 6. The van der Waals surface area contributed by atoms with Crippen molar-refractivity contribution in [2.75, 3.05) is 6.54 Å². The standard InChI is InChI=1S/C15H28F3N/c1-12(2)13-6-5-7-14(9-8-13)19-11-4-3-10-15(16,17)18/h12-14,19H,3-11H2,1-2H3. The van der Waals surface area contributed by atoms with Crippen molar-refractivity contribution in [2.24, 2.45) is 11.8 Å². The predicted octanol–water partition coefficient (Wildman–Crippen LogP) is 4.91. The van der Waals surface area contributed by atoms with E-state index in [-0.39, 0.29) is 6.42 Å². The molecule has 4 heteroatoms. The maximum atomic E-state index is 12.0. The van der Waals surface area contributed by atoms with E-state index < -0.39 is 12.6 Å². The van der Waals surface area contributed by atoms with Crippen molar-refractivity contribution in [3.05, 3.63) is 0 Å². The molecule has 2 unspecified atom stereocenters. The highest BCUT2D eigenvalue weighted by atomic mass is 19.4. The summed E-state index contributed by atoms with van der Waals surface area (Å²) in [5.41, 5.74) is 0. The smallest absolute Gasteiger partial charge is 0.314 e. The Labute approximate surface area is 115 Å². The highest BCUT2D eigenvalue weighted by molar-refractivity contribution is 4.76. The van der Waals surface area contributed by atoms with Gasteiger partial charge in [0.15, 0.2) is 0 Å². The van der Waals surface area contributed by atoms with Crippen LogP contribution in [0.25, 0.3) is 0 Å². The molecular weight excluding hydrogens is 251 g/mol. The number of halogens is 3. The van der Waals surface area contributed by atoms with Crippen molar-refractivity contribution in [3.8, 4) is 0 Å². The number of unbranched alkanes of at least 4 members (excludes halogenated alkanes) is 1. The van der Waals surface area contributed by atoms with E-state index in [2.05, 4.69) is 19.2 Å². The minimum Gasteiger partial charge on any atom is -0.314 e. The first-order valence-electron chi connectivity index (χ1n) is 7.68. The Balaban J connectivity index is 2.10. The van der Waals surface area contributed by atoms with Crippen LogP contribution in [0.3, 0.4) is 0 Å². The third-order valence-electron chi connectivity index (χ3n) is 4.28. The highest BCUT2D eigenvalue weighted by Crippen LogP contribution is 2.28. The minimum atomic E-state index is -3.99. The Hall–Kier alpha value is -0.250. The van der Waals surface area contributed by atoms with E-state index in [1.54, 1.807) is 0 Å². The largest absolute Gasteiger partial charge is 0.389 e. The summed E-state index contributed by atoms with van der Waals surface area (Å²) in [7, 11) is 0. The zero-order chi connectivity index (χ0) is 14.3. The molecule has 1 nitrogen and oxygen atoms in total. The lowest BCUT2D eigenvalue weighted by Crippen LogP contribution is -2.29. The molecule has 19 heavy (non-hydrogen) atoms. The van der Waals surface area contributed by atoms with Gasteiger partial charge in [-0.05, 0) is 50.5 Å². The molecule has 114 valence electrons. The van der Waals surface area contributed by atoms with Gasteiger partial charge in [0.2, 0.25) is 0 Å². The molecule has 2 atom stereocenters. The molecule has 1 saturated carbocycles. The first-order valence-corrected chi connectivity index (χ1v) is 7.68. The maximum Gasteiger partial charge on any atom is 0.389 e. The van der Waals surface area contributed by atoms with Gasteiger partial charge in [0.05, 0.1) is 0 Å². The second-order valence-electron chi connectivity index (χ2n) is 6.24. The van der Waals surface area contributed by atoms with Gasteiger partial charge in [0, 0.05) is 12.5 Å². The second kappa shape index (κ2) is 8.13. The summed E-state index contributed by atoms with van der Waals surface area (Å²) in [6.07, 6.45) is 2.43. The lowest BCUT2D eigenvalue weighted by molar-refractivity contribution is -0.135. The van der Waals surface area contributed by atoms with Crippen LogP contribution in [0.2, 0.25) is 0 Å². The average Bonchev–Trinajstić information content (AvgIpc) is 2.52. The van der Waals surface area contributed by atoms with E-state index in [1.807, 2.05) is 0 Å². The fourth-order valence-corrected chi connectivity index (χ4v) is 2.96. The number of nitrogens with one attached hydrogen (secondary N) is 1. The fourth-order valence-electron chi connectivity index (χ4n) is 2.96. The molecule has 0 aromatic heterocycles. The number of alkyl halides is 3. The molecule has 0 aromatic carbocycles. The van der Waals surface area contributed by atoms with Crippen LogP contribution < -0.4 is 5.32 Å². The van der Waals surface area contributed by atoms with Crippen LogP contribution in [-0.4, -0.2) is 18.8 Å². The quantitative estimate of drug-likeness (QED) is 0.538. The third-order valence-corrected chi connectivity index (χ3v) is 4.28. The SMILES string of the molecule is CC(C)C1CCCC(NCCCCC(F)(F)F)CC1. The molecule has 1 fully saturated rings. The van der Waals surface area contributed by atoms with E-state index in [4.69, 9.17) is 0 Å². The summed E-state index contributed by atoms with van der Waals surface area (Å²) in [6.45, 7) is 5.30. The van der Waals surface area contributed by atoms with Crippen molar-refractivity contribution in [1.29, 1.82) is 0 Å². The van der Waals surface area contributed by atoms with E-state index >= 15 is 0 Å². The van der Waals surface area contributed by atoms with Crippen LogP contribution in [0, 0.1) is 11.8 Å². The summed E-state index contributed by atoms with van der Waals surface area (Å²) in [4.78, 5) is 0. The topological polar surface area (TPSA) is 12.0 Å². The monoisotopic (exact) mass is 279 g/mol. The van der Waals surface area contributed by atoms with Gasteiger partial charge in [-0.1, -0.05) is 26.7 Å². The van der Waals surface area contributed by atoms with Crippen molar-refractivity contribution in [3.63, 3.8) is 0 Å². The summed E-state index contributed by atoms with van der Waals surface area (Å²) < 4.78 is 36.0. The molecule has 0 saturated heterocycles. The summed E-state index contributed by atoms with van der Waals surface area (Å²) in [6, 6.07) is 0.523. The van der Waals surface area contributed by atoms with Crippen LogP contribution in [0.5, 0.6) is 0 Å². The lowest BCUT2D eigenvalue weighted by Gasteiger charge is -2.19. The first-order chi connectivity index (χ1) is 8.88. The summed E-state index contributed by atoms with van der Waals surface area (Å²) in [5.74, 6) is 1.59. The fraction of sp³-hybridized carbons (Fsp3) is 1.00. The molecule has 1 rings (SSSR count). The van der Waals surface area contributed by atoms with Crippen LogP contribution in [0.15, 0.2) is 0 Å². The van der Waals surface area contributed by atoms with Crippen LogP contribution in [0.1, 0.15) is 65.2 Å². The van der Waals surface area contributed by atoms with Crippen LogP contribution in [-0.2, 0) is 0 Å². The van der Waals surface area contributed by atoms with Gasteiger partial charge in [-0.15, -0.1) is 0 Å². The van der Waals surface area contributed by atoms with Gasteiger partial charge in [0.25, 0.3) is 0 Å². The van der Waals surface area contributed by atoms with E-state index in [9.17, 15) is 13.2 Å². The zero-order valence-electron chi connectivity index (χ0n) is 12.2. The Kier molecular flexibility index (Phi) is 7.19. The van der Waals surface area contributed by atoms with Crippen LogP contribution in [0.4, 0.5) is 13.2 Å². The number of hydrogen-bond acceptors (Lipinski definition) is 1. The van der Waals surface area contributed by atoms with Gasteiger partial charge in [-0.25, -0.2) is 0 Å². The van der Waals surface area contributed by atoms with Gasteiger partial charge >= 0.3 is 6.18 Å². The minimum absolute atomic E-state index is 0.248. The summed E-state index contributed by atoms with van der Waals surface area (Å²) >= 11 is 0. The molecule has 1 N–H and O–H groups in total. The molecule has 0 aliphatic heterocycles. The van der Waals surface area contributed by atoms with Crippen molar-refractivity contribution >= 4 is 0 Å². The Morgan fingerprint density at radius 1 is 1.05 bits per heavy atom.